The van der Waals surface area contributed by atoms with Crippen molar-refractivity contribution in [2.75, 3.05) is 19.6 Å². The first-order valence-electron chi connectivity index (χ1n) is 7.15. The van der Waals surface area contributed by atoms with E-state index in [0.717, 1.165) is 25.9 Å². The second kappa shape index (κ2) is 6.04. The topological polar surface area (TPSA) is 78.5 Å². The molecular weight excluding hydrogens is 310 g/mol. The number of thiophene rings is 1. The first-order chi connectivity index (χ1) is 10.1. The molecule has 2 aliphatic heterocycles. The van der Waals surface area contributed by atoms with Gasteiger partial charge in [-0.05, 0) is 37.3 Å². The monoisotopic (exact) mass is 329 g/mol. The SMILES string of the molecule is O=C(NC1CCNC1)C1CCCN1S(=O)(=O)c1cccs1. The fourth-order valence-electron chi connectivity index (χ4n) is 2.89. The molecular formula is C13H19N3O3S2. The van der Waals surface area contributed by atoms with E-state index in [0.29, 0.717) is 17.2 Å². The number of carbonyl (C=O) groups is 1. The third-order valence-electron chi connectivity index (χ3n) is 3.97. The van der Waals surface area contributed by atoms with E-state index >= 15 is 0 Å². The molecule has 0 aliphatic carbocycles. The molecule has 2 saturated heterocycles. The molecule has 0 radical (unpaired) electrons. The Bertz CT molecular complexity index is 594. The van der Waals surface area contributed by atoms with Crippen molar-refractivity contribution >= 4 is 27.3 Å². The lowest BCUT2D eigenvalue weighted by atomic mass is 10.2. The van der Waals surface area contributed by atoms with Crippen LogP contribution in [0.15, 0.2) is 21.7 Å². The summed E-state index contributed by atoms with van der Waals surface area (Å²) in [5, 5.41) is 7.89. The molecule has 1 aromatic rings. The predicted molar refractivity (Wildman–Crippen MR) is 80.7 cm³/mol. The zero-order valence-electron chi connectivity index (χ0n) is 11.6. The minimum absolute atomic E-state index is 0.115. The van der Waals surface area contributed by atoms with Crippen LogP contribution in [-0.2, 0) is 14.8 Å². The van der Waals surface area contributed by atoms with Crippen molar-refractivity contribution in [2.24, 2.45) is 0 Å². The van der Waals surface area contributed by atoms with Crippen LogP contribution in [0.5, 0.6) is 0 Å². The summed E-state index contributed by atoms with van der Waals surface area (Å²) < 4.78 is 26.9. The summed E-state index contributed by atoms with van der Waals surface area (Å²) in [6.45, 7) is 2.07. The number of amides is 1. The Balaban J connectivity index is 1.74. The Kier molecular flexibility index (Phi) is 4.30. The number of hydrogen-bond acceptors (Lipinski definition) is 5. The first-order valence-corrected chi connectivity index (χ1v) is 9.47. The molecule has 21 heavy (non-hydrogen) atoms. The molecule has 6 nitrogen and oxygen atoms in total. The van der Waals surface area contributed by atoms with Crippen molar-refractivity contribution in [1.29, 1.82) is 0 Å². The van der Waals surface area contributed by atoms with E-state index in [1.54, 1.807) is 17.5 Å². The van der Waals surface area contributed by atoms with Crippen LogP contribution in [0.1, 0.15) is 19.3 Å². The first kappa shape index (κ1) is 15.0. The average molecular weight is 329 g/mol. The lowest BCUT2D eigenvalue weighted by Crippen LogP contribution is -2.49. The lowest BCUT2D eigenvalue weighted by Gasteiger charge is -2.24. The molecule has 2 unspecified atom stereocenters. The molecule has 2 atom stereocenters. The van der Waals surface area contributed by atoms with E-state index in [1.807, 2.05) is 0 Å². The smallest absolute Gasteiger partial charge is 0.253 e. The summed E-state index contributed by atoms with van der Waals surface area (Å²) in [5.74, 6) is -0.165. The Morgan fingerprint density at radius 1 is 1.43 bits per heavy atom. The van der Waals surface area contributed by atoms with Gasteiger partial charge in [0, 0.05) is 19.1 Å². The van der Waals surface area contributed by atoms with Gasteiger partial charge in [0.25, 0.3) is 10.0 Å². The Morgan fingerprint density at radius 2 is 2.29 bits per heavy atom. The summed E-state index contributed by atoms with van der Waals surface area (Å²) in [7, 11) is -3.55. The second-order valence-corrected chi connectivity index (χ2v) is 8.47. The third-order valence-corrected chi connectivity index (χ3v) is 7.25. The Hall–Kier alpha value is -0.960. The van der Waals surface area contributed by atoms with Crippen molar-refractivity contribution in [1.82, 2.24) is 14.9 Å². The lowest BCUT2D eigenvalue weighted by molar-refractivity contribution is -0.124. The van der Waals surface area contributed by atoms with Crippen molar-refractivity contribution < 1.29 is 13.2 Å². The molecule has 3 heterocycles. The van der Waals surface area contributed by atoms with Crippen LogP contribution in [-0.4, -0.2) is 50.3 Å². The fourth-order valence-corrected chi connectivity index (χ4v) is 5.67. The minimum Gasteiger partial charge on any atom is -0.351 e. The highest BCUT2D eigenvalue weighted by Crippen LogP contribution is 2.28. The minimum atomic E-state index is -3.55. The van der Waals surface area contributed by atoms with Gasteiger partial charge in [-0.2, -0.15) is 4.31 Å². The van der Waals surface area contributed by atoms with E-state index < -0.39 is 16.1 Å². The summed E-state index contributed by atoms with van der Waals surface area (Å²) in [6.07, 6.45) is 2.22. The van der Waals surface area contributed by atoms with E-state index in [9.17, 15) is 13.2 Å². The third kappa shape index (κ3) is 2.98. The molecule has 3 rings (SSSR count). The second-order valence-electron chi connectivity index (χ2n) is 5.40. The molecule has 2 aliphatic rings. The largest absolute Gasteiger partial charge is 0.351 e. The Labute approximate surface area is 128 Å². The predicted octanol–water partition coefficient (Wildman–Crippen LogP) is 0.379. The normalized spacial score (nSPS) is 27.0. The zero-order chi connectivity index (χ0) is 14.9. The number of rotatable bonds is 4. The highest BCUT2D eigenvalue weighted by molar-refractivity contribution is 7.91. The van der Waals surface area contributed by atoms with Gasteiger partial charge in [0.05, 0.1) is 0 Å². The van der Waals surface area contributed by atoms with Crippen LogP contribution in [0, 0.1) is 0 Å². The summed E-state index contributed by atoms with van der Waals surface area (Å²) >= 11 is 1.19. The van der Waals surface area contributed by atoms with Crippen molar-refractivity contribution in [3.8, 4) is 0 Å². The van der Waals surface area contributed by atoms with Gasteiger partial charge in [0.1, 0.15) is 10.3 Å². The maximum Gasteiger partial charge on any atom is 0.253 e. The summed E-state index contributed by atoms with van der Waals surface area (Å²) in [4.78, 5) is 12.4. The van der Waals surface area contributed by atoms with E-state index in [2.05, 4.69) is 10.6 Å². The fraction of sp³-hybridized carbons (Fsp3) is 0.615. The zero-order valence-corrected chi connectivity index (χ0v) is 13.3. The molecule has 1 aromatic heterocycles. The summed E-state index contributed by atoms with van der Waals surface area (Å²) in [5.41, 5.74) is 0. The number of nitrogens with zero attached hydrogens (tertiary/aromatic N) is 1. The molecule has 8 heteroatoms. The van der Waals surface area contributed by atoms with Gasteiger partial charge in [-0.1, -0.05) is 6.07 Å². The van der Waals surface area contributed by atoms with Crippen LogP contribution in [0.2, 0.25) is 0 Å². The maximum atomic E-state index is 12.6. The van der Waals surface area contributed by atoms with Crippen LogP contribution in [0.3, 0.4) is 0 Å². The van der Waals surface area contributed by atoms with Gasteiger partial charge in [-0.3, -0.25) is 4.79 Å². The van der Waals surface area contributed by atoms with Gasteiger partial charge in [0.2, 0.25) is 5.91 Å². The van der Waals surface area contributed by atoms with Crippen LogP contribution < -0.4 is 10.6 Å². The van der Waals surface area contributed by atoms with Gasteiger partial charge in [-0.15, -0.1) is 11.3 Å². The average Bonchev–Trinajstić information content (AvgIpc) is 3.20. The van der Waals surface area contributed by atoms with Gasteiger partial charge < -0.3 is 10.6 Å². The molecule has 0 bridgehead atoms. The van der Waals surface area contributed by atoms with E-state index in [1.165, 1.54) is 15.6 Å². The van der Waals surface area contributed by atoms with Crippen LogP contribution >= 0.6 is 11.3 Å². The molecule has 2 fully saturated rings. The number of hydrogen-bond donors (Lipinski definition) is 2. The maximum absolute atomic E-state index is 12.6. The van der Waals surface area contributed by atoms with E-state index in [-0.39, 0.29) is 11.9 Å². The molecule has 0 saturated carbocycles. The van der Waals surface area contributed by atoms with Gasteiger partial charge in [0.15, 0.2) is 0 Å². The van der Waals surface area contributed by atoms with Crippen LogP contribution in [0.4, 0.5) is 0 Å². The summed E-state index contributed by atoms with van der Waals surface area (Å²) in [6, 6.07) is 2.85. The number of sulfonamides is 1. The molecule has 0 aromatic carbocycles. The highest BCUT2D eigenvalue weighted by Gasteiger charge is 2.40. The standard InChI is InChI=1S/C13H19N3O3S2/c17-13(15-10-5-6-14-9-10)11-3-1-7-16(11)21(18,19)12-4-2-8-20-12/h2,4,8,10-11,14H,1,3,5-7,9H2,(H,15,17). The molecule has 1 amide bonds. The Morgan fingerprint density at radius 3 is 2.95 bits per heavy atom. The van der Waals surface area contributed by atoms with Gasteiger partial charge in [-0.25, -0.2) is 8.42 Å². The molecule has 0 spiro atoms. The van der Waals surface area contributed by atoms with Crippen molar-refractivity contribution in [2.45, 2.75) is 35.6 Å². The molecule has 116 valence electrons. The quantitative estimate of drug-likeness (QED) is 0.837. The van der Waals surface area contributed by atoms with Crippen molar-refractivity contribution in [3.05, 3.63) is 17.5 Å². The molecule has 2 N–H and O–H groups in total. The van der Waals surface area contributed by atoms with E-state index in [4.69, 9.17) is 0 Å². The highest BCUT2D eigenvalue weighted by atomic mass is 32.2. The van der Waals surface area contributed by atoms with Crippen LogP contribution in [0.25, 0.3) is 0 Å². The number of carbonyl (C=O) groups excluding carboxylic acids is 1. The van der Waals surface area contributed by atoms with Crippen molar-refractivity contribution in [3.63, 3.8) is 0 Å². The number of nitrogens with one attached hydrogen (secondary N) is 2. The van der Waals surface area contributed by atoms with Gasteiger partial charge >= 0.3 is 0 Å².